The largest absolute Gasteiger partial charge is 0.496 e. The van der Waals surface area contributed by atoms with Crippen molar-refractivity contribution in [3.05, 3.63) is 59.3 Å². The molecule has 0 spiro atoms. The van der Waals surface area contributed by atoms with Crippen LogP contribution in [0.25, 0.3) is 10.9 Å². The Bertz CT molecular complexity index is 1190. The first-order valence-corrected chi connectivity index (χ1v) is 12.7. The van der Waals surface area contributed by atoms with Gasteiger partial charge >= 0.3 is 0 Å². The molecule has 1 aliphatic rings. The van der Waals surface area contributed by atoms with E-state index in [1.54, 1.807) is 24.1 Å². The van der Waals surface area contributed by atoms with Crippen LogP contribution in [0.4, 0.5) is 13.2 Å². The highest BCUT2D eigenvalue weighted by Crippen LogP contribution is 2.45. The number of aromatic amines is 1. The quantitative estimate of drug-likeness (QED) is 0.298. The molecular formula is C28H36F3N3O3. The first kappa shape index (κ1) is 27.3. The van der Waals surface area contributed by atoms with Crippen molar-refractivity contribution < 1.29 is 27.8 Å². The summed E-state index contributed by atoms with van der Waals surface area (Å²) in [5.41, 5.74) is 3.58. The van der Waals surface area contributed by atoms with Crippen LogP contribution in [0.2, 0.25) is 0 Å². The number of alkyl halides is 3. The van der Waals surface area contributed by atoms with Gasteiger partial charge in [-0.15, -0.1) is 0 Å². The molecule has 0 amide bonds. The molecule has 1 aromatic heterocycles. The summed E-state index contributed by atoms with van der Waals surface area (Å²) in [4.78, 5) is 5.22. The predicted molar refractivity (Wildman–Crippen MR) is 139 cm³/mol. The summed E-state index contributed by atoms with van der Waals surface area (Å²) in [5.74, 6) is -2.12. The van der Waals surface area contributed by atoms with Crippen LogP contribution in [0.1, 0.15) is 43.1 Å². The molecule has 1 unspecified atom stereocenters. The molecule has 1 aliphatic heterocycles. The van der Waals surface area contributed by atoms with Crippen LogP contribution in [0, 0.1) is 0 Å². The topological polar surface area (TPSA) is 69.8 Å². The zero-order valence-electron chi connectivity index (χ0n) is 21.6. The van der Waals surface area contributed by atoms with Gasteiger partial charge in [0.1, 0.15) is 24.7 Å². The van der Waals surface area contributed by atoms with E-state index >= 15 is 0 Å². The van der Waals surface area contributed by atoms with E-state index in [9.17, 15) is 18.3 Å². The van der Waals surface area contributed by atoms with Gasteiger partial charge in [-0.2, -0.15) is 0 Å². The maximum Gasteiger partial charge on any atom is 0.283 e. The minimum atomic E-state index is -3.27. The van der Waals surface area contributed by atoms with Crippen LogP contribution in [-0.4, -0.2) is 73.1 Å². The molecule has 4 rings (SSSR count). The first-order chi connectivity index (χ1) is 17.8. The Balaban J connectivity index is 1.74. The Kier molecular flexibility index (Phi) is 8.67. The van der Waals surface area contributed by atoms with Gasteiger partial charge in [-0.1, -0.05) is 18.2 Å². The average Bonchev–Trinajstić information content (AvgIpc) is 3.25. The van der Waals surface area contributed by atoms with Crippen molar-refractivity contribution in [3.63, 3.8) is 0 Å². The van der Waals surface area contributed by atoms with E-state index < -0.39 is 25.1 Å². The Morgan fingerprint density at radius 3 is 2.76 bits per heavy atom. The van der Waals surface area contributed by atoms with Gasteiger partial charge in [0.05, 0.1) is 26.4 Å². The molecule has 0 saturated carbocycles. The number of hydrogen-bond acceptors (Lipinski definition) is 5. The van der Waals surface area contributed by atoms with Crippen LogP contribution in [0.15, 0.2) is 42.5 Å². The molecule has 3 N–H and O–H groups in total. The van der Waals surface area contributed by atoms with Gasteiger partial charge < -0.3 is 24.9 Å². The van der Waals surface area contributed by atoms with E-state index in [2.05, 4.69) is 10.3 Å². The molecule has 202 valence electrons. The lowest BCUT2D eigenvalue weighted by atomic mass is 9.87. The molecule has 3 atom stereocenters. The highest BCUT2D eigenvalue weighted by molar-refractivity contribution is 5.85. The fraction of sp³-hybridized carbons (Fsp3) is 0.500. The van der Waals surface area contributed by atoms with Crippen molar-refractivity contribution in [3.8, 4) is 11.5 Å². The van der Waals surface area contributed by atoms with Crippen molar-refractivity contribution in [1.82, 2.24) is 15.2 Å². The second kappa shape index (κ2) is 11.8. The van der Waals surface area contributed by atoms with Crippen LogP contribution in [-0.2, 0) is 6.42 Å². The number of aliphatic hydroxyl groups excluding tert-OH is 1. The third-order valence-corrected chi connectivity index (χ3v) is 6.96. The van der Waals surface area contributed by atoms with Crippen LogP contribution in [0.5, 0.6) is 11.5 Å². The third kappa shape index (κ3) is 6.05. The van der Waals surface area contributed by atoms with Gasteiger partial charge in [-0.05, 0) is 63.1 Å². The Morgan fingerprint density at radius 2 is 2.03 bits per heavy atom. The van der Waals surface area contributed by atoms with Gasteiger partial charge in [0.2, 0.25) is 0 Å². The zero-order chi connectivity index (χ0) is 26.6. The Hall–Kier alpha value is -2.75. The highest BCUT2D eigenvalue weighted by atomic mass is 19.3. The number of benzene rings is 2. The highest BCUT2D eigenvalue weighted by Gasteiger charge is 2.42. The second-order valence-electron chi connectivity index (χ2n) is 9.82. The van der Waals surface area contributed by atoms with Crippen molar-refractivity contribution in [1.29, 1.82) is 0 Å². The molecular weight excluding hydrogens is 483 g/mol. The fourth-order valence-electron chi connectivity index (χ4n) is 5.12. The molecule has 3 aromatic rings. The van der Waals surface area contributed by atoms with E-state index in [1.807, 2.05) is 44.2 Å². The van der Waals surface area contributed by atoms with E-state index in [0.717, 1.165) is 22.2 Å². The summed E-state index contributed by atoms with van der Waals surface area (Å²) in [6.45, 7) is 2.62. The molecule has 2 aromatic carbocycles. The molecule has 0 radical (unpaired) electrons. The first-order valence-electron chi connectivity index (χ1n) is 12.7. The molecule has 37 heavy (non-hydrogen) atoms. The third-order valence-electron chi connectivity index (χ3n) is 6.96. The molecule has 6 nitrogen and oxygen atoms in total. The summed E-state index contributed by atoms with van der Waals surface area (Å²) in [7, 11) is 1.56. The van der Waals surface area contributed by atoms with Crippen molar-refractivity contribution in [2.75, 3.05) is 40.1 Å². The lowest BCUT2D eigenvalue weighted by Crippen LogP contribution is -2.49. The summed E-state index contributed by atoms with van der Waals surface area (Å²) >= 11 is 0. The van der Waals surface area contributed by atoms with Crippen LogP contribution >= 0.6 is 0 Å². The van der Waals surface area contributed by atoms with Crippen LogP contribution in [0.3, 0.4) is 0 Å². The molecule has 0 aliphatic carbocycles. The number of nitrogens with one attached hydrogen (secondary N) is 2. The number of para-hydroxylation sites is 1. The lowest BCUT2D eigenvalue weighted by molar-refractivity contribution is -0.0866. The number of ether oxygens (including phenoxy) is 2. The molecule has 0 fully saturated rings. The normalized spacial score (nSPS) is 19.1. The van der Waals surface area contributed by atoms with E-state index in [-0.39, 0.29) is 18.8 Å². The number of methoxy groups -OCH3 is 1. The maximum absolute atomic E-state index is 14.6. The summed E-state index contributed by atoms with van der Waals surface area (Å²) in [6, 6.07) is 12.6. The van der Waals surface area contributed by atoms with Gasteiger partial charge in [0, 0.05) is 34.2 Å². The van der Waals surface area contributed by atoms with E-state index in [4.69, 9.17) is 9.47 Å². The standard InChI is InChI=1S/C28H36F3N3O3/c1-18(32-12-6-11-29)15-37-20-9-10-25(36-3)23(14-20)27-26-22(21-7-4-5-8-24(21)33-26)13-19(2)34(27)16-28(30,31)17-35/h4-5,7-10,14,18-19,27,32-33,35H,6,11-13,15-17H2,1-3H3/t18?,19-,27-/m1/s1. The molecule has 9 heteroatoms. The number of aliphatic hydroxyl groups is 1. The zero-order valence-corrected chi connectivity index (χ0v) is 21.6. The number of hydrogen-bond donors (Lipinski definition) is 3. The van der Waals surface area contributed by atoms with Gasteiger partial charge in [-0.3, -0.25) is 9.29 Å². The average molecular weight is 520 g/mol. The lowest BCUT2D eigenvalue weighted by Gasteiger charge is -2.42. The van der Waals surface area contributed by atoms with Crippen molar-refractivity contribution in [2.24, 2.45) is 0 Å². The Labute approximate surface area is 215 Å². The van der Waals surface area contributed by atoms with Crippen molar-refractivity contribution >= 4 is 10.9 Å². The molecule has 0 saturated heterocycles. The number of fused-ring (bicyclic) bond motifs is 3. The molecule has 0 bridgehead atoms. The number of rotatable bonds is 12. The SMILES string of the molecule is COc1ccc(OCC(C)NCCCF)cc1[C@@H]1c2[nH]c3ccccc3c2C[C@@H](C)N1CC(F)(F)CO. The number of aromatic nitrogens is 1. The van der Waals surface area contributed by atoms with E-state index in [1.165, 1.54) is 0 Å². The number of halogens is 3. The number of H-pyrrole nitrogens is 1. The minimum absolute atomic E-state index is 0.00635. The molecule has 2 heterocycles. The van der Waals surface area contributed by atoms with Gasteiger partial charge in [0.15, 0.2) is 0 Å². The second-order valence-corrected chi connectivity index (χ2v) is 9.82. The van der Waals surface area contributed by atoms with Crippen molar-refractivity contribution in [2.45, 2.75) is 50.7 Å². The number of nitrogens with zero attached hydrogens (tertiary/aromatic N) is 1. The van der Waals surface area contributed by atoms with Gasteiger partial charge in [0.25, 0.3) is 5.92 Å². The fourth-order valence-corrected chi connectivity index (χ4v) is 5.12. The summed E-state index contributed by atoms with van der Waals surface area (Å²) in [6.07, 6.45) is 1.04. The minimum Gasteiger partial charge on any atom is -0.496 e. The smallest absolute Gasteiger partial charge is 0.283 e. The maximum atomic E-state index is 14.6. The summed E-state index contributed by atoms with van der Waals surface area (Å²) in [5, 5.41) is 13.7. The monoisotopic (exact) mass is 519 g/mol. The predicted octanol–water partition coefficient (Wildman–Crippen LogP) is 4.86. The van der Waals surface area contributed by atoms with Gasteiger partial charge in [-0.25, -0.2) is 8.78 Å². The van der Waals surface area contributed by atoms with E-state index in [0.29, 0.717) is 43.1 Å². The Morgan fingerprint density at radius 1 is 1.24 bits per heavy atom. The van der Waals surface area contributed by atoms with Crippen LogP contribution < -0.4 is 14.8 Å². The summed E-state index contributed by atoms with van der Waals surface area (Å²) < 4.78 is 53.3.